The summed E-state index contributed by atoms with van der Waals surface area (Å²) in [5.41, 5.74) is 3.61. The normalized spacial score (nSPS) is 11.4. The number of aliphatic imine (C=N–C) groups is 1. The van der Waals surface area contributed by atoms with Crippen LogP contribution in [0.3, 0.4) is 0 Å². The molecule has 0 aliphatic carbocycles. The average Bonchev–Trinajstić information content (AvgIpc) is 2.59. The Morgan fingerprint density at radius 1 is 1.04 bits per heavy atom. The second kappa shape index (κ2) is 8.08. The fraction of sp³-hybridized carbons (Fsp3) is 0.200. The molecule has 0 heterocycles. The highest BCUT2D eigenvalue weighted by molar-refractivity contribution is 6.13. The van der Waals surface area contributed by atoms with E-state index in [2.05, 4.69) is 6.58 Å². The predicted molar refractivity (Wildman–Crippen MR) is 93.8 cm³/mol. The van der Waals surface area contributed by atoms with Crippen molar-refractivity contribution in [2.24, 2.45) is 4.99 Å². The quantitative estimate of drug-likeness (QED) is 0.459. The molecule has 0 saturated heterocycles. The van der Waals surface area contributed by atoms with Crippen LogP contribution in [0.5, 0.6) is 0 Å². The van der Waals surface area contributed by atoms with Gasteiger partial charge in [-0.25, -0.2) is 4.79 Å². The van der Waals surface area contributed by atoms with Crippen LogP contribution in [0, 0.1) is 0 Å². The van der Waals surface area contributed by atoms with Crippen LogP contribution in [-0.2, 0) is 9.53 Å². The zero-order chi connectivity index (χ0) is 16.7. The number of esters is 1. The van der Waals surface area contributed by atoms with Crippen LogP contribution in [0.4, 0.5) is 0 Å². The van der Waals surface area contributed by atoms with Crippen LogP contribution in [-0.4, -0.2) is 24.8 Å². The number of rotatable bonds is 6. The third-order valence-corrected chi connectivity index (χ3v) is 3.39. The van der Waals surface area contributed by atoms with Gasteiger partial charge in [0.05, 0.1) is 12.8 Å². The number of methoxy groups -OCH3 is 1. The maximum Gasteiger partial charge on any atom is 0.330 e. The minimum absolute atomic E-state index is 0.350. The van der Waals surface area contributed by atoms with E-state index in [-0.39, 0.29) is 5.97 Å². The summed E-state index contributed by atoms with van der Waals surface area (Å²) in [4.78, 5) is 16.8. The molecule has 23 heavy (non-hydrogen) atoms. The molecule has 0 aliphatic rings. The van der Waals surface area contributed by atoms with E-state index in [4.69, 9.17) is 9.73 Å². The molecule has 1 atom stereocenters. The van der Waals surface area contributed by atoms with Gasteiger partial charge in [-0.15, -0.1) is 6.58 Å². The first kappa shape index (κ1) is 16.7. The zero-order valence-corrected chi connectivity index (χ0v) is 13.5. The van der Waals surface area contributed by atoms with Gasteiger partial charge in [0.25, 0.3) is 0 Å². The molecular formula is C20H21NO2. The van der Waals surface area contributed by atoms with Crippen LogP contribution >= 0.6 is 0 Å². The van der Waals surface area contributed by atoms with Crippen molar-refractivity contribution in [2.75, 3.05) is 7.11 Å². The molecule has 2 aromatic carbocycles. The highest BCUT2D eigenvalue weighted by Crippen LogP contribution is 2.16. The summed E-state index contributed by atoms with van der Waals surface area (Å²) >= 11 is 0. The molecule has 0 bridgehead atoms. The Morgan fingerprint density at radius 3 is 1.91 bits per heavy atom. The molecule has 118 valence electrons. The molecule has 0 radical (unpaired) electrons. The molecule has 2 aromatic rings. The largest absolute Gasteiger partial charge is 0.467 e. The van der Waals surface area contributed by atoms with Gasteiger partial charge < -0.3 is 4.74 Å². The van der Waals surface area contributed by atoms with Gasteiger partial charge in [0, 0.05) is 17.5 Å². The number of hydrogen-bond donors (Lipinski definition) is 0. The first-order valence-corrected chi connectivity index (χ1v) is 7.52. The van der Waals surface area contributed by atoms with Crippen molar-refractivity contribution < 1.29 is 9.53 Å². The first-order valence-electron chi connectivity index (χ1n) is 7.52. The van der Waals surface area contributed by atoms with Gasteiger partial charge in [0.1, 0.15) is 0 Å². The maximum atomic E-state index is 12.1. The lowest BCUT2D eigenvalue weighted by Crippen LogP contribution is -2.23. The average molecular weight is 307 g/mol. The summed E-state index contributed by atoms with van der Waals surface area (Å²) in [6, 6.07) is 19.1. The summed E-state index contributed by atoms with van der Waals surface area (Å²) in [7, 11) is 1.38. The van der Waals surface area contributed by atoms with Crippen LogP contribution in [0.1, 0.15) is 24.5 Å². The summed E-state index contributed by atoms with van der Waals surface area (Å²) in [5, 5.41) is 0. The fourth-order valence-electron chi connectivity index (χ4n) is 2.31. The molecule has 1 unspecified atom stereocenters. The number of carbonyl (C=O) groups is 1. The lowest BCUT2D eigenvalue weighted by Gasteiger charge is -2.14. The van der Waals surface area contributed by atoms with Crippen molar-refractivity contribution in [2.45, 2.75) is 19.4 Å². The molecule has 0 spiro atoms. The minimum Gasteiger partial charge on any atom is -0.467 e. The number of nitrogens with zero attached hydrogens (tertiary/aromatic N) is 1. The summed E-state index contributed by atoms with van der Waals surface area (Å²) in [5.74, 6) is -0.350. The van der Waals surface area contributed by atoms with Gasteiger partial charge in [0.2, 0.25) is 0 Å². The standard InChI is InChI=1S/C20H21NO2/c1-15(2)14-18(20(22)23-3)21-19(16-10-6-4-7-11-16)17-12-8-5-9-13-17/h4-13,18H,1,14H2,2-3H3. The van der Waals surface area contributed by atoms with Gasteiger partial charge in [-0.2, -0.15) is 0 Å². The number of benzene rings is 2. The molecule has 2 rings (SSSR count). The molecule has 0 fully saturated rings. The first-order chi connectivity index (χ1) is 11.1. The number of hydrogen-bond acceptors (Lipinski definition) is 3. The van der Waals surface area contributed by atoms with E-state index >= 15 is 0 Å². The summed E-state index contributed by atoms with van der Waals surface area (Å²) in [6.45, 7) is 5.77. The van der Waals surface area contributed by atoms with Gasteiger partial charge >= 0.3 is 5.97 Å². The monoisotopic (exact) mass is 307 g/mol. The highest BCUT2D eigenvalue weighted by Gasteiger charge is 2.20. The third-order valence-electron chi connectivity index (χ3n) is 3.39. The van der Waals surface area contributed by atoms with Crippen LogP contribution < -0.4 is 0 Å². The van der Waals surface area contributed by atoms with Gasteiger partial charge in [-0.1, -0.05) is 66.2 Å². The zero-order valence-electron chi connectivity index (χ0n) is 13.5. The second-order valence-corrected chi connectivity index (χ2v) is 5.41. The summed E-state index contributed by atoms with van der Waals surface area (Å²) in [6.07, 6.45) is 0.468. The van der Waals surface area contributed by atoms with Crippen molar-refractivity contribution in [3.63, 3.8) is 0 Å². The third kappa shape index (κ3) is 4.65. The van der Waals surface area contributed by atoms with Gasteiger partial charge in [-0.05, 0) is 6.92 Å². The van der Waals surface area contributed by atoms with Gasteiger partial charge in [0.15, 0.2) is 6.04 Å². The molecule has 3 heteroatoms. The van der Waals surface area contributed by atoms with E-state index in [9.17, 15) is 4.79 Å². The molecular weight excluding hydrogens is 286 g/mol. The second-order valence-electron chi connectivity index (χ2n) is 5.41. The smallest absolute Gasteiger partial charge is 0.330 e. The fourth-order valence-corrected chi connectivity index (χ4v) is 2.31. The molecule has 3 nitrogen and oxygen atoms in total. The molecule has 0 N–H and O–H groups in total. The maximum absolute atomic E-state index is 12.1. The lowest BCUT2D eigenvalue weighted by molar-refractivity contribution is -0.142. The van der Waals surface area contributed by atoms with Crippen molar-refractivity contribution >= 4 is 11.7 Å². The van der Waals surface area contributed by atoms with E-state index < -0.39 is 6.04 Å². The SMILES string of the molecule is C=C(C)CC(N=C(c1ccccc1)c1ccccc1)C(=O)OC. The van der Waals surface area contributed by atoms with E-state index in [0.29, 0.717) is 6.42 Å². The van der Waals surface area contributed by atoms with Crippen molar-refractivity contribution in [1.82, 2.24) is 0 Å². The highest BCUT2D eigenvalue weighted by atomic mass is 16.5. The van der Waals surface area contributed by atoms with Crippen molar-refractivity contribution in [1.29, 1.82) is 0 Å². The Labute approximate surface area is 137 Å². The Balaban J connectivity index is 2.51. The molecule has 0 saturated carbocycles. The van der Waals surface area contributed by atoms with Crippen LogP contribution in [0.2, 0.25) is 0 Å². The van der Waals surface area contributed by atoms with Crippen LogP contribution in [0.15, 0.2) is 77.8 Å². The Morgan fingerprint density at radius 2 is 1.52 bits per heavy atom. The topological polar surface area (TPSA) is 38.7 Å². The predicted octanol–water partition coefficient (Wildman–Crippen LogP) is 4.03. The van der Waals surface area contributed by atoms with Crippen molar-refractivity contribution in [3.05, 3.63) is 83.9 Å². The molecule has 0 aliphatic heterocycles. The Hall–Kier alpha value is -2.68. The number of ether oxygens (including phenoxy) is 1. The van der Waals surface area contributed by atoms with Crippen LogP contribution in [0.25, 0.3) is 0 Å². The molecule has 0 amide bonds. The number of carbonyl (C=O) groups excluding carboxylic acids is 1. The Bertz CT molecular complexity index is 649. The molecule has 0 aromatic heterocycles. The minimum atomic E-state index is -0.590. The summed E-state index contributed by atoms with van der Waals surface area (Å²) < 4.78 is 4.90. The van der Waals surface area contributed by atoms with Gasteiger partial charge in [-0.3, -0.25) is 4.99 Å². The van der Waals surface area contributed by atoms with E-state index in [0.717, 1.165) is 22.4 Å². The Kier molecular flexibility index (Phi) is 5.87. The van der Waals surface area contributed by atoms with E-state index in [1.807, 2.05) is 67.6 Å². The van der Waals surface area contributed by atoms with Crippen molar-refractivity contribution in [3.8, 4) is 0 Å². The van der Waals surface area contributed by atoms with E-state index in [1.54, 1.807) is 0 Å². The lowest BCUT2D eigenvalue weighted by atomic mass is 10.0. The van der Waals surface area contributed by atoms with E-state index in [1.165, 1.54) is 7.11 Å².